The van der Waals surface area contributed by atoms with Crippen molar-refractivity contribution in [3.8, 4) is 0 Å². The van der Waals surface area contributed by atoms with E-state index in [4.69, 9.17) is 9.90 Å². The van der Waals surface area contributed by atoms with E-state index in [0.29, 0.717) is 0 Å². The van der Waals surface area contributed by atoms with Gasteiger partial charge in [-0.1, -0.05) is 0 Å². The van der Waals surface area contributed by atoms with E-state index in [0.717, 1.165) is 33.0 Å². The molecule has 0 bridgehead atoms. The van der Waals surface area contributed by atoms with E-state index in [1.165, 1.54) is 7.11 Å². The zero-order valence-electron chi connectivity index (χ0n) is 8.95. The molecular formula is C9H16N2O4. The van der Waals surface area contributed by atoms with Crippen molar-refractivity contribution in [2.75, 3.05) is 26.7 Å². The summed E-state index contributed by atoms with van der Waals surface area (Å²) in [4.78, 5) is 21.9. The Labute approximate surface area is 88.2 Å². The van der Waals surface area contributed by atoms with Crippen molar-refractivity contribution in [3.05, 3.63) is 0 Å². The number of rotatable bonds is 0. The van der Waals surface area contributed by atoms with E-state index in [2.05, 4.69) is 10.1 Å². The van der Waals surface area contributed by atoms with Crippen LogP contribution in [0, 0.1) is 0 Å². The molecule has 15 heavy (non-hydrogen) atoms. The van der Waals surface area contributed by atoms with Crippen LogP contribution in [0.2, 0.25) is 0 Å². The molecule has 1 spiro atoms. The summed E-state index contributed by atoms with van der Waals surface area (Å²) in [6.07, 6.45) is 0.938. The topological polar surface area (TPSA) is 78.9 Å². The summed E-state index contributed by atoms with van der Waals surface area (Å²) in [7, 11) is 1.43. The highest BCUT2D eigenvalue weighted by Gasteiger charge is 2.52. The van der Waals surface area contributed by atoms with Crippen LogP contribution < -0.4 is 5.32 Å². The third-order valence-corrected chi connectivity index (χ3v) is 2.68. The first-order chi connectivity index (χ1) is 7.02. The summed E-state index contributed by atoms with van der Waals surface area (Å²) in [5.74, 6) is -0.833. The molecule has 0 saturated carbocycles. The molecule has 0 aliphatic carbocycles. The Morgan fingerprint density at radius 3 is 2.20 bits per heavy atom. The quantitative estimate of drug-likeness (QED) is 0.590. The number of carboxylic acids is 1. The Balaban J connectivity index is 0.000000245. The van der Waals surface area contributed by atoms with E-state index in [1.54, 1.807) is 0 Å². The molecule has 0 atom stereocenters. The van der Waals surface area contributed by atoms with Gasteiger partial charge in [0.1, 0.15) is 0 Å². The molecule has 2 rings (SSSR count). The number of amides is 1. The van der Waals surface area contributed by atoms with Crippen LogP contribution in [0.3, 0.4) is 0 Å². The molecule has 0 aromatic rings. The zero-order chi connectivity index (χ0) is 11.5. The molecule has 2 saturated heterocycles. The molecule has 2 heterocycles. The highest BCUT2D eigenvalue weighted by molar-refractivity contribution is 5.70. The van der Waals surface area contributed by atoms with Crippen LogP contribution in [0.1, 0.15) is 13.3 Å². The summed E-state index contributed by atoms with van der Waals surface area (Å²) >= 11 is 0. The highest BCUT2D eigenvalue weighted by atomic mass is 16.5. The Hall–Kier alpha value is -1.30. The van der Waals surface area contributed by atoms with E-state index in [-0.39, 0.29) is 11.6 Å². The Morgan fingerprint density at radius 1 is 1.47 bits per heavy atom. The normalized spacial score (nSPS) is 20.5. The maximum Gasteiger partial charge on any atom is 0.410 e. The van der Waals surface area contributed by atoms with Gasteiger partial charge in [0, 0.05) is 26.6 Å². The number of nitrogens with zero attached hydrogens (tertiary/aromatic N) is 1. The lowest BCUT2D eigenvalue weighted by Gasteiger charge is -2.57. The molecule has 2 aliphatic heterocycles. The molecule has 86 valence electrons. The monoisotopic (exact) mass is 216 g/mol. The predicted octanol–water partition coefficient (Wildman–Crippen LogP) is -0.109. The van der Waals surface area contributed by atoms with E-state index in [1.807, 2.05) is 4.90 Å². The molecule has 0 aromatic heterocycles. The molecule has 2 aliphatic rings. The minimum atomic E-state index is -0.833. The maximum absolute atomic E-state index is 11.1. The van der Waals surface area contributed by atoms with E-state index >= 15 is 0 Å². The highest BCUT2D eigenvalue weighted by Crippen LogP contribution is 2.34. The van der Waals surface area contributed by atoms with Gasteiger partial charge in [0.25, 0.3) is 5.97 Å². The third kappa shape index (κ3) is 2.38. The molecule has 0 unspecified atom stereocenters. The van der Waals surface area contributed by atoms with Crippen LogP contribution in [0.5, 0.6) is 0 Å². The Morgan fingerprint density at radius 2 is 2.00 bits per heavy atom. The van der Waals surface area contributed by atoms with Gasteiger partial charge >= 0.3 is 6.09 Å². The van der Waals surface area contributed by atoms with Crippen LogP contribution in [0.4, 0.5) is 4.79 Å². The number of methoxy groups -OCH3 is 1. The lowest BCUT2D eigenvalue weighted by atomic mass is 9.80. The first-order valence-corrected chi connectivity index (χ1v) is 4.78. The smallest absolute Gasteiger partial charge is 0.410 e. The molecule has 6 nitrogen and oxygen atoms in total. The average Bonchev–Trinajstić information content (AvgIpc) is 1.98. The van der Waals surface area contributed by atoms with Crippen molar-refractivity contribution < 1.29 is 19.4 Å². The fraction of sp³-hybridized carbons (Fsp3) is 0.778. The third-order valence-electron chi connectivity index (χ3n) is 2.68. The molecule has 6 heteroatoms. The van der Waals surface area contributed by atoms with Gasteiger partial charge in [-0.2, -0.15) is 0 Å². The first-order valence-electron chi connectivity index (χ1n) is 4.78. The van der Waals surface area contributed by atoms with Crippen LogP contribution in [0.15, 0.2) is 0 Å². The standard InChI is InChI=1S/C7H12N2O2.C2H4O2/c1-11-6(10)9-3-2-7(9)4-8-5-7;1-2(3)4/h8H,2-5H2,1H3;1H3,(H,3,4). The lowest BCUT2D eigenvalue weighted by molar-refractivity contribution is -0.134. The van der Waals surface area contributed by atoms with E-state index < -0.39 is 5.97 Å². The SMILES string of the molecule is CC(=O)O.COC(=O)N1CCC12CNC2. The molecule has 2 fully saturated rings. The molecule has 0 aromatic carbocycles. The number of hydrogen-bond donors (Lipinski definition) is 2. The first kappa shape index (κ1) is 11.8. The molecule has 0 radical (unpaired) electrons. The second-order valence-electron chi connectivity index (χ2n) is 3.72. The number of carboxylic acid groups (broad SMARTS) is 1. The van der Waals surface area contributed by atoms with Gasteiger partial charge in [0.2, 0.25) is 0 Å². The summed E-state index contributed by atoms with van der Waals surface area (Å²) in [6, 6.07) is 0. The zero-order valence-corrected chi connectivity index (χ0v) is 8.95. The number of carbonyl (C=O) groups excluding carboxylic acids is 1. The van der Waals surface area contributed by atoms with Crippen molar-refractivity contribution >= 4 is 12.1 Å². The van der Waals surface area contributed by atoms with Crippen LogP contribution in [-0.4, -0.2) is 54.4 Å². The van der Waals surface area contributed by atoms with Crippen LogP contribution in [-0.2, 0) is 9.53 Å². The van der Waals surface area contributed by atoms with Crippen molar-refractivity contribution in [1.29, 1.82) is 0 Å². The van der Waals surface area contributed by atoms with Gasteiger partial charge in [0.05, 0.1) is 12.6 Å². The number of aliphatic carboxylic acids is 1. The average molecular weight is 216 g/mol. The van der Waals surface area contributed by atoms with Gasteiger partial charge < -0.3 is 15.2 Å². The van der Waals surface area contributed by atoms with Crippen LogP contribution >= 0.6 is 0 Å². The number of carbonyl (C=O) groups is 2. The summed E-state index contributed by atoms with van der Waals surface area (Å²) in [6.45, 7) is 3.80. The van der Waals surface area contributed by atoms with Crippen molar-refractivity contribution in [1.82, 2.24) is 10.2 Å². The number of nitrogens with one attached hydrogen (secondary N) is 1. The minimum Gasteiger partial charge on any atom is -0.481 e. The molecule has 2 N–H and O–H groups in total. The fourth-order valence-electron chi connectivity index (χ4n) is 1.72. The van der Waals surface area contributed by atoms with Crippen molar-refractivity contribution in [3.63, 3.8) is 0 Å². The number of ether oxygens (including phenoxy) is 1. The van der Waals surface area contributed by atoms with Crippen molar-refractivity contribution in [2.45, 2.75) is 18.9 Å². The van der Waals surface area contributed by atoms with Gasteiger partial charge in [-0.15, -0.1) is 0 Å². The van der Waals surface area contributed by atoms with Gasteiger partial charge in [-0.3, -0.25) is 9.69 Å². The second-order valence-corrected chi connectivity index (χ2v) is 3.72. The number of hydrogen-bond acceptors (Lipinski definition) is 4. The van der Waals surface area contributed by atoms with Crippen molar-refractivity contribution in [2.24, 2.45) is 0 Å². The summed E-state index contributed by atoms with van der Waals surface area (Å²) in [5.41, 5.74) is 0.132. The van der Waals surface area contributed by atoms with Gasteiger partial charge in [-0.05, 0) is 6.42 Å². The van der Waals surface area contributed by atoms with Gasteiger partial charge in [0.15, 0.2) is 0 Å². The fourth-order valence-corrected chi connectivity index (χ4v) is 1.72. The summed E-state index contributed by atoms with van der Waals surface area (Å²) in [5, 5.41) is 10.6. The van der Waals surface area contributed by atoms with E-state index in [9.17, 15) is 4.79 Å². The molecule has 1 amide bonds. The molecular weight excluding hydrogens is 200 g/mol. The number of likely N-dealkylation sites (tertiary alicyclic amines) is 1. The largest absolute Gasteiger partial charge is 0.481 e. The minimum absolute atomic E-state index is 0.132. The van der Waals surface area contributed by atoms with Gasteiger partial charge in [-0.25, -0.2) is 4.79 Å². The van der Waals surface area contributed by atoms with Crippen LogP contribution in [0.25, 0.3) is 0 Å². The second kappa shape index (κ2) is 4.48. The Bertz CT molecular complexity index is 253. The maximum atomic E-state index is 11.1. The predicted molar refractivity (Wildman–Crippen MR) is 52.6 cm³/mol. The Kier molecular flexibility index (Phi) is 3.52. The summed E-state index contributed by atoms with van der Waals surface area (Å²) < 4.78 is 4.64. The lowest BCUT2D eigenvalue weighted by Crippen LogP contribution is -2.76.